The van der Waals surface area contributed by atoms with E-state index in [1.165, 1.54) is 36.4 Å². The summed E-state index contributed by atoms with van der Waals surface area (Å²) in [6.07, 6.45) is -0.858. The Morgan fingerprint density at radius 2 is 1.75 bits per heavy atom. The summed E-state index contributed by atoms with van der Waals surface area (Å²) < 4.78 is 50.9. The molecule has 40 heavy (non-hydrogen) atoms. The van der Waals surface area contributed by atoms with Gasteiger partial charge in [-0.3, -0.25) is 4.79 Å². The second-order valence-electron chi connectivity index (χ2n) is 10.1. The number of aliphatic carboxylic acids is 1. The quantitative estimate of drug-likeness (QED) is 0.263. The minimum Gasteiger partial charge on any atom is -0.489 e. The maximum atomic E-state index is 14.9. The Hall–Kier alpha value is -3.59. The van der Waals surface area contributed by atoms with Crippen LogP contribution in [0.2, 0.25) is 0 Å². The van der Waals surface area contributed by atoms with Crippen molar-refractivity contribution >= 4 is 17.4 Å². The number of carbonyl (C=O) groups is 2. The van der Waals surface area contributed by atoms with Gasteiger partial charge in [0.25, 0.3) is 5.91 Å². The Labute approximate surface area is 232 Å². The average molecular weight is 560 g/mol. The van der Waals surface area contributed by atoms with Crippen LogP contribution >= 0.6 is 0 Å². The first-order valence-electron chi connectivity index (χ1n) is 13.5. The van der Waals surface area contributed by atoms with Crippen molar-refractivity contribution in [1.82, 2.24) is 5.32 Å². The lowest BCUT2D eigenvalue weighted by atomic mass is 9.71. The molecule has 0 saturated heterocycles. The van der Waals surface area contributed by atoms with E-state index in [-0.39, 0.29) is 30.1 Å². The highest BCUT2D eigenvalue weighted by molar-refractivity contribution is 5.94. The summed E-state index contributed by atoms with van der Waals surface area (Å²) in [6.45, 7) is 3.49. The number of aliphatic hydroxyl groups is 1. The van der Waals surface area contributed by atoms with Crippen molar-refractivity contribution in [3.63, 3.8) is 0 Å². The van der Waals surface area contributed by atoms with Gasteiger partial charge >= 0.3 is 12.1 Å². The number of rotatable bonds is 13. The van der Waals surface area contributed by atoms with E-state index < -0.39 is 42.2 Å². The number of alkyl halides is 3. The van der Waals surface area contributed by atoms with Crippen LogP contribution in [0.4, 0.5) is 13.2 Å². The van der Waals surface area contributed by atoms with Crippen LogP contribution in [0, 0.1) is 11.3 Å². The molecule has 2 unspecified atom stereocenters. The van der Waals surface area contributed by atoms with Crippen molar-refractivity contribution in [2.75, 3.05) is 6.54 Å². The second-order valence-corrected chi connectivity index (χ2v) is 10.1. The Morgan fingerprint density at radius 3 is 2.27 bits per heavy atom. The van der Waals surface area contributed by atoms with Crippen molar-refractivity contribution in [2.45, 2.75) is 64.3 Å². The largest absolute Gasteiger partial charge is 0.489 e. The molecular formula is C31H36F3NO5. The molecule has 0 aliphatic heterocycles. The molecule has 1 aliphatic carbocycles. The summed E-state index contributed by atoms with van der Waals surface area (Å²) >= 11 is 0. The van der Waals surface area contributed by atoms with E-state index in [1.54, 1.807) is 6.08 Å². The third-order valence-corrected chi connectivity index (χ3v) is 7.39. The number of carboxylic acids is 1. The third-order valence-electron chi connectivity index (χ3n) is 7.39. The summed E-state index contributed by atoms with van der Waals surface area (Å²) in [5.74, 6) is -1.87. The van der Waals surface area contributed by atoms with Crippen LogP contribution in [0.15, 0.2) is 72.8 Å². The topological polar surface area (TPSA) is 95.9 Å². The van der Waals surface area contributed by atoms with Gasteiger partial charge in [-0.2, -0.15) is 13.2 Å². The molecule has 0 aromatic heterocycles. The zero-order valence-corrected chi connectivity index (χ0v) is 22.7. The highest BCUT2D eigenvalue weighted by Gasteiger charge is 2.59. The summed E-state index contributed by atoms with van der Waals surface area (Å²) in [4.78, 5) is 23.1. The highest BCUT2D eigenvalue weighted by atomic mass is 19.4. The van der Waals surface area contributed by atoms with Gasteiger partial charge in [0.1, 0.15) is 17.3 Å². The Bertz CT molecular complexity index is 1190. The molecule has 0 saturated carbocycles. The number of carboxylic acid groups (broad SMARTS) is 1. The first kappa shape index (κ1) is 30.9. The van der Waals surface area contributed by atoms with Crippen LogP contribution in [0.25, 0.3) is 5.57 Å². The molecule has 2 aromatic rings. The summed E-state index contributed by atoms with van der Waals surface area (Å²) in [5, 5.41) is 20.4. The summed E-state index contributed by atoms with van der Waals surface area (Å²) in [7, 11) is 0. The molecule has 0 bridgehead atoms. The van der Waals surface area contributed by atoms with Gasteiger partial charge in [0.05, 0.1) is 6.54 Å². The predicted octanol–water partition coefficient (Wildman–Crippen LogP) is 6.42. The third kappa shape index (κ3) is 7.53. The van der Waals surface area contributed by atoms with Crippen molar-refractivity contribution in [3.8, 4) is 5.75 Å². The monoisotopic (exact) mass is 559 g/mol. The number of benzene rings is 2. The van der Waals surface area contributed by atoms with Gasteiger partial charge in [-0.25, -0.2) is 4.79 Å². The number of ether oxygens (including phenoxy) is 1. The van der Waals surface area contributed by atoms with Gasteiger partial charge in [0.15, 0.2) is 6.10 Å². The van der Waals surface area contributed by atoms with Crippen molar-refractivity contribution < 1.29 is 37.7 Å². The van der Waals surface area contributed by atoms with Gasteiger partial charge in [0, 0.05) is 5.56 Å². The summed E-state index contributed by atoms with van der Waals surface area (Å²) in [5.41, 5.74) is -0.523. The van der Waals surface area contributed by atoms with Crippen molar-refractivity contribution in [3.05, 3.63) is 84.0 Å². The molecule has 216 valence electrons. The fourth-order valence-electron chi connectivity index (χ4n) is 4.92. The van der Waals surface area contributed by atoms with Crippen LogP contribution in [-0.4, -0.2) is 47.0 Å². The zero-order valence-electron chi connectivity index (χ0n) is 22.7. The number of carbonyl (C=O) groups excluding carboxylic acids is 1. The standard InChI is InChI=1S/C31H36F3NO5/c1-3-8-21(4-2)19-27(40-25-13-11-24(12-14-25)28(37)35-20-26(36)29(38)39)30(31(32,33)34)17-15-23(16-18-30)22-9-6-5-7-10-22/h5-7,9-17,21,26-27,36H,3-4,8,18-20H2,1-2H3,(H,35,37)(H,38,39)/t21?,26-,27+,30?/m1/s1. The molecule has 4 atom stereocenters. The minimum absolute atomic E-state index is 0.0350. The van der Waals surface area contributed by atoms with E-state index in [1.807, 2.05) is 44.2 Å². The number of halogens is 3. The number of hydrogen-bond acceptors (Lipinski definition) is 4. The molecule has 9 heteroatoms. The molecule has 0 heterocycles. The molecule has 0 fully saturated rings. The fourth-order valence-corrected chi connectivity index (χ4v) is 4.92. The molecule has 0 spiro atoms. The Morgan fingerprint density at radius 1 is 1.07 bits per heavy atom. The van der Waals surface area contributed by atoms with E-state index in [9.17, 15) is 27.9 Å². The van der Waals surface area contributed by atoms with Gasteiger partial charge in [-0.05, 0) is 54.2 Å². The van der Waals surface area contributed by atoms with E-state index in [4.69, 9.17) is 9.84 Å². The van der Waals surface area contributed by atoms with E-state index in [0.29, 0.717) is 0 Å². The normalized spacial score (nSPS) is 19.3. The Kier molecular flexibility index (Phi) is 10.6. The van der Waals surface area contributed by atoms with E-state index >= 15 is 0 Å². The molecule has 1 amide bonds. The number of amides is 1. The lowest BCUT2D eigenvalue weighted by Crippen LogP contribution is -2.50. The highest BCUT2D eigenvalue weighted by Crippen LogP contribution is 2.51. The van der Waals surface area contributed by atoms with Crippen LogP contribution in [0.3, 0.4) is 0 Å². The lowest BCUT2D eigenvalue weighted by molar-refractivity contribution is -0.232. The number of nitrogens with one attached hydrogen (secondary N) is 1. The SMILES string of the molecule is CCCC(CC)C[C@H](Oc1ccc(C(=O)NC[C@@H](O)C(=O)O)cc1)C1(C(F)(F)F)C=CC(c2ccccc2)=CC1. The van der Waals surface area contributed by atoms with Crippen LogP contribution in [0.5, 0.6) is 5.75 Å². The predicted molar refractivity (Wildman–Crippen MR) is 147 cm³/mol. The maximum Gasteiger partial charge on any atom is 0.401 e. The molecular weight excluding hydrogens is 523 g/mol. The minimum atomic E-state index is -4.58. The Balaban J connectivity index is 1.88. The van der Waals surface area contributed by atoms with Gasteiger partial charge in [0.2, 0.25) is 0 Å². The van der Waals surface area contributed by atoms with Crippen LogP contribution in [0.1, 0.15) is 61.9 Å². The molecule has 0 radical (unpaired) electrons. The second kappa shape index (κ2) is 13.7. The number of aliphatic hydroxyl groups excluding tert-OH is 1. The smallest absolute Gasteiger partial charge is 0.401 e. The molecule has 3 rings (SSSR count). The summed E-state index contributed by atoms with van der Waals surface area (Å²) in [6, 6.07) is 14.9. The number of hydrogen-bond donors (Lipinski definition) is 3. The molecule has 6 nitrogen and oxygen atoms in total. The van der Waals surface area contributed by atoms with E-state index in [0.717, 1.165) is 30.4 Å². The van der Waals surface area contributed by atoms with Gasteiger partial charge in [-0.15, -0.1) is 0 Å². The van der Waals surface area contributed by atoms with Gasteiger partial charge in [-0.1, -0.05) is 81.7 Å². The zero-order chi connectivity index (χ0) is 29.3. The number of allylic oxidation sites excluding steroid dienone is 3. The molecule has 3 N–H and O–H groups in total. The lowest BCUT2D eigenvalue weighted by Gasteiger charge is -2.42. The van der Waals surface area contributed by atoms with Crippen LogP contribution in [-0.2, 0) is 4.79 Å². The van der Waals surface area contributed by atoms with Gasteiger partial charge < -0.3 is 20.3 Å². The van der Waals surface area contributed by atoms with Crippen molar-refractivity contribution in [2.24, 2.45) is 11.3 Å². The molecule has 2 aromatic carbocycles. The first-order chi connectivity index (χ1) is 19.0. The average Bonchev–Trinajstić information content (AvgIpc) is 2.95. The fraction of sp³-hybridized carbons (Fsp3) is 0.419. The molecule has 1 aliphatic rings. The van der Waals surface area contributed by atoms with Crippen molar-refractivity contribution in [1.29, 1.82) is 0 Å². The maximum absolute atomic E-state index is 14.9. The first-order valence-corrected chi connectivity index (χ1v) is 13.5. The van der Waals surface area contributed by atoms with E-state index in [2.05, 4.69) is 5.32 Å². The van der Waals surface area contributed by atoms with Crippen LogP contribution < -0.4 is 10.1 Å².